The second-order valence-corrected chi connectivity index (χ2v) is 56.3. The molecule has 1 saturated heterocycles. The van der Waals surface area contributed by atoms with Crippen LogP contribution < -0.4 is 21.3 Å². The fraction of sp³-hybridized carbons (Fsp3) is 0.903. The van der Waals surface area contributed by atoms with Gasteiger partial charge >= 0.3 is 0 Å². The maximum absolute atomic E-state index is 15.3. The van der Waals surface area contributed by atoms with Crippen LogP contribution in [0.2, 0.25) is 0 Å². The Morgan fingerprint density at radius 2 is 0.463 bits per heavy atom. The highest BCUT2D eigenvalue weighted by Gasteiger charge is 2.65. The first-order valence-corrected chi connectivity index (χ1v) is 59.7. The van der Waals surface area contributed by atoms with Gasteiger partial charge in [0.15, 0.2) is 0 Å². The van der Waals surface area contributed by atoms with Crippen LogP contribution in [0.5, 0.6) is 0 Å². The zero-order valence-electron chi connectivity index (χ0n) is 91.5. The highest BCUT2D eigenvalue weighted by molar-refractivity contribution is 5.80. The van der Waals surface area contributed by atoms with Gasteiger partial charge in [-0.25, -0.2) is 0 Å². The number of hydrogen-bond donors (Lipinski definition) is 4. The molecule has 0 radical (unpaired) electrons. The lowest BCUT2D eigenvalue weighted by molar-refractivity contribution is -0.126. The second-order valence-electron chi connectivity index (χ2n) is 56.3. The van der Waals surface area contributed by atoms with Crippen LogP contribution in [-0.2, 0) is 19.2 Å². The Labute approximate surface area is 834 Å². The molecule has 0 spiro atoms. The van der Waals surface area contributed by atoms with Gasteiger partial charge in [-0.3, -0.25) is 38.8 Å². The van der Waals surface area contributed by atoms with Crippen molar-refractivity contribution >= 4 is 23.6 Å². The van der Waals surface area contributed by atoms with Crippen LogP contribution in [0.4, 0.5) is 0 Å². The fourth-order valence-electron chi connectivity index (χ4n) is 39.4. The van der Waals surface area contributed by atoms with E-state index in [0.29, 0.717) is 74.0 Å². The lowest BCUT2D eigenvalue weighted by Gasteiger charge is -2.58. The molecule has 136 heavy (non-hydrogen) atoms. The molecule has 0 bridgehead atoms. The minimum atomic E-state index is 0.103. The average Bonchev–Trinajstić information content (AvgIpc) is 1.38. The van der Waals surface area contributed by atoms with E-state index in [4.69, 9.17) is 0 Å². The van der Waals surface area contributed by atoms with E-state index in [1.165, 1.54) is 205 Å². The third-order valence-corrected chi connectivity index (χ3v) is 47.1. The normalized spacial score (nSPS) is 42.4. The third kappa shape index (κ3) is 21.4. The highest BCUT2D eigenvalue weighted by atomic mass is 16.2. The monoisotopic (exact) mass is 1870 g/mol. The fourth-order valence-corrected chi connectivity index (χ4v) is 39.4. The summed E-state index contributed by atoms with van der Waals surface area (Å²) in [7, 11) is 0. The van der Waals surface area contributed by atoms with Gasteiger partial charge < -0.3 is 21.3 Å². The standard InChI is InChI=1S/C124H208N8O4/c1-81(2)25-21-29-85(9)101-41-45-105-97-37-33-89-73-93(49-57-117(89,13)109(97)53-61-121(101,105)17)125-113(133)77-129-65-67-130(78-114(134)126-94-50-58-118(14)90(74-94)34-38-98-106-46-42-102(86(10)30-22-26-82(3)4)122(106,18)62-54-110(98)118)69-71-132(80-116(136)128-96-52-60-120(16)92(76-96)36-40-100-108-48-44-104(88(12)32-24-28-84(7)8)124(108,20)64-56-112(100)120)72-70-131(68-66-129)79-115(135)127-95-51-59-119(15)91(75-95)35-39-99-107-47-43-103(87(11)31-23-27-83(5)6)123(107,19)63-55-111(99)119/h33-36,81-88,93-112H,21-32,37-80H2,1-20H3,(H,125,133)(H,126,134)(H,127,135)(H,128,136)/t85-,86-,87-,88-,93+,94+,95+,96+,97+,98+,99+,100+,101-,102-,103-,104-,105+,106+,107+,108+,109+,110+,111+,112+,117+,118+,119+,120+,121-,122-,123-,124-/m1/s1. The summed E-state index contributed by atoms with van der Waals surface area (Å²) < 4.78 is 0. The highest BCUT2D eigenvalue weighted by Crippen LogP contribution is 2.73. The quantitative estimate of drug-likeness (QED) is 0.0490. The topological polar surface area (TPSA) is 129 Å². The van der Waals surface area contributed by atoms with Crippen LogP contribution in [0.3, 0.4) is 0 Å². The van der Waals surface area contributed by atoms with Crippen molar-refractivity contribution in [2.75, 3.05) is 78.5 Å². The van der Waals surface area contributed by atoms with Crippen LogP contribution in [0, 0.1) is 185 Å². The molecule has 13 fully saturated rings. The summed E-state index contributed by atoms with van der Waals surface area (Å²) in [4.78, 5) is 70.7. The summed E-state index contributed by atoms with van der Waals surface area (Å²) in [5.74, 6) is 19.5. The van der Waals surface area contributed by atoms with Crippen molar-refractivity contribution in [3.63, 3.8) is 0 Å². The summed E-state index contributed by atoms with van der Waals surface area (Å²) in [5.41, 5.74) is 9.11. The minimum Gasteiger partial charge on any atom is -0.352 e. The van der Waals surface area contributed by atoms with Crippen molar-refractivity contribution in [2.45, 2.75) is 445 Å². The van der Waals surface area contributed by atoms with Crippen LogP contribution in [0.25, 0.3) is 0 Å². The number of rotatable bonds is 32. The van der Waals surface area contributed by atoms with Crippen LogP contribution in [0.1, 0.15) is 421 Å². The smallest absolute Gasteiger partial charge is 0.234 e. The predicted octanol–water partition coefficient (Wildman–Crippen LogP) is 27.3. The molecule has 1 heterocycles. The largest absolute Gasteiger partial charge is 0.352 e. The molecule has 0 aromatic heterocycles. The van der Waals surface area contributed by atoms with E-state index in [1.54, 1.807) is 22.3 Å². The zero-order valence-corrected chi connectivity index (χ0v) is 91.5. The van der Waals surface area contributed by atoms with Crippen molar-refractivity contribution in [3.05, 3.63) is 46.6 Å². The Hall–Kier alpha value is -3.32. The second kappa shape index (κ2) is 43.0. The van der Waals surface area contributed by atoms with E-state index in [2.05, 4.69) is 204 Å². The third-order valence-electron chi connectivity index (χ3n) is 47.1. The van der Waals surface area contributed by atoms with E-state index < -0.39 is 0 Å². The molecule has 0 unspecified atom stereocenters. The van der Waals surface area contributed by atoms with E-state index >= 15 is 19.2 Å². The van der Waals surface area contributed by atoms with Crippen molar-refractivity contribution < 1.29 is 19.2 Å². The number of hydrogen-bond acceptors (Lipinski definition) is 8. The molecule has 0 aromatic rings. The summed E-state index contributed by atoms with van der Waals surface area (Å²) >= 11 is 0. The summed E-state index contributed by atoms with van der Waals surface area (Å²) in [6.45, 7) is 57.2. The first kappa shape index (κ1) is 104. The van der Waals surface area contributed by atoms with Gasteiger partial charge in [-0.2, -0.15) is 0 Å². The molecule has 32 atom stereocenters. The number of fused-ring (bicyclic) bond motifs is 20. The lowest BCUT2D eigenvalue weighted by atomic mass is 9.47. The number of amides is 4. The van der Waals surface area contributed by atoms with E-state index in [9.17, 15) is 0 Å². The van der Waals surface area contributed by atoms with Gasteiger partial charge in [-0.15, -0.1) is 0 Å². The summed E-state index contributed by atoms with van der Waals surface area (Å²) in [6.07, 6.45) is 66.8. The molecule has 12 nitrogen and oxygen atoms in total. The van der Waals surface area contributed by atoms with Gasteiger partial charge in [0.1, 0.15) is 0 Å². The number of carbonyl (C=O) groups is 4. The number of nitrogens with zero attached hydrogens (tertiary/aromatic N) is 4. The van der Waals surface area contributed by atoms with Gasteiger partial charge in [0.25, 0.3) is 0 Å². The van der Waals surface area contributed by atoms with Gasteiger partial charge in [-0.1, -0.05) is 262 Å². The number of nitrogens with one attached hydrogen (secondary N) is 4. The zero-order chi connectivity index (χ0) is 96.3. The molecule has 16 aliphatic carbocycles. The van der Waals surface area contributed by atoms with Crippen molar-refractivity contribution in [1.82, 2.24) is 40.9 Å². The molecule has 17 aliphatic rings. The first-order valence-electron chi connectivity index (χ1n) is 59.7. The van der Waals surface area contributed by atoms with E-state index in [-0.39, 0.29) is 95.6 Å². The molecular formula is C124H208N8O4. The Balaban J connectivity index is 0.587. The van der Waals surface area contributed by atoms with E-state index in [1.807, 2.05) is 0 Å². The van der Waals surface area contributed by atoms with Crippen molar-refractivity contribution in [2.24, 2.45) is 185 Å². The van der Waals surface area contributed by atoms with Gasteiger partial charge in [0.2, 0.25) is 23.6 Å². The Morgan fingerprint density at radius 3 is 0.654 bits per heavy atom. The number of allylic oxidation sites excluding steroid dienone is 4. The average molecular weight is 1880 g/mol. The Kier molecular flexibility index (Phi) is 32.9. The molecule has 12 saturated carbocycles. The first-order chi connectivity index (χ1) is 64.8. The molecule has 4 amide bonds. The maximum Gasteiger partial charge on any atom is 0.234 e. The molecular weight excluding hydrogens is 1670 g/mol. The minimum absolute atomic E-state index is 0.103. The van der Waals surface area contributed by atoms with Crippen molar-refractivity contribution in [3.8, 4) is 0 Å². The van der Waals surface area contributed by atoms with Crippen molar-refractivity contribution in [1.29, 1.82) is 0 Å². The Morgan fingerprint density at radius 1 is 0.265 bits per heavy atom. The van der Waals surface area contributed by atoms with Crippen LogP contribution in [-0.4, -0.2) is 146 Å². The molecule has 4 N–H and O–H groups in total. The predicted molar refractivity (Wildman–Crippen MR) is 566 cm³/mol. The molecule has 1 aliphatic heterocycles. The van der Waals surface area contributed by atoms with Crippen LogP contribution >= 0.6 is 0 Å². The van der Waals surface area contributed by atoms with E-state index in [0.717, 1.165) is 219 Å². The molecule has 768 valence electrons. The molecule has 12 heteroatoms. The maximum atomic E-state index is 15.3. The SMILES string of the molecule is CC(C)CCC[C@@H](C)[C@H]1CC[C@H]2[C@@H]3CC=C4C[C@@H](NC(=O)CN5CCN(CC(=O)N[C@H]6CC[C@@]7(C)C(=CC[C@H]8[C@@H]9CC[C@H]([C@H](C)CCCC(C)C)[C@@]9(C)CC[C@@H]87)C6)CCN(CC(=O)N[C@H]6CC[C@@]7(C)C(=CC[C@H]8[C@@H]9CC[C@H]([C@H](C)CCCC(C)C)[C@@]9(C)CC[C@@H]87)C6)CCN(CC(=O)N[C@H]6CC[C@@]7(C)C(=CC[C@H]8[C@@H]9CC[C@H]([C@H](C)CCCC(C)C)[C@@]9(C)CC[C@@H]87)C6)CC5)CC[C@]4(C)[C@H]3CC[C@]12C. The summed E-state index contributed by atoms with van der Waals surface area (Å²) in [6, 6.07) is 0.437. The lowest BCUT2D eigenvalue weighted by Crippen LogP contribution is -2.54. The number of carbonyl (C=O) groups excluding carboxylic acids is 4. The molecule has 0 aromatic carbocycles. The summed E-state index contributed by atoms with van der Waals surface area (Å²) in [5, 5.41) is 14.9. The van der Waals surface area contributed by atoms with Gasteiger partial charge in [0.05, 0.1) is 26.2 Å². The van der Waals surface area contributed by atoms with Gasteiger partial charge in [-0.05, 0) is 391 Å². The van der Waals surface area contributed by atoms with Gasteiger partial charge in [0, 0.05) is 76.5 Å². The van der Waals surface area contributed by atoms with Crippen LogP contribution in [0.15, 0.2) is 46.6 Å². The Bertz CT molecular complexity index is 3660. The molecule has 17 rings (SSSR count).